The average molecular weight is 206 g/mol. The van der Waals surface area contributed by atoms with Crippen molar-refractivity contribution >= 4 is 0 Å². The van der Waals surface area contributed by atoms with Gasteiger partial charge in [0.15, 0.2) is 5.69 Å². The number of hydrogen-bond donors (Lipinski definition) is 0. The van der Waals surface area contributed by atoms with Crippen LogP contribution in [0.1, 0.15) is 30.8 Å². The van der Waals surface area contributed by atoms with E-state index in [2.05, 4.69) is 5.10 Å². The molecule has 80 valence electrons. The minimum Gasteiger partial charge on any atom is -0.269 e. The van der Waals surface area contributed by atoms with Crippen molar-refractivity contribution in [3.05, 3.63) is 17.0 Å². The Morgan fingerprint density at radius 2 is 1.86 bits per heavy atom. The third-order valence-corrected chi connectivity index (χ3v) is 2.25. The first-order chi connectivity index (χ1) is 6.41. The van der Waals surface area contributed by atoms with E-state index in [9.17, 15) is 13.2 Å². The second kappa shape index (κ2) is 3.63. The molecule has 0 fully saturated rings. The molecule has 0 aliphatic rings. The van der Waals surface area contributed by atoms with Gasteiger partial charge < -0.3 is 0 Å². The van der Waals surface area contributed by atoms with E-state index in [4.69, 9.17) is 0 Å². The monoisotopic (exact) mass is 206 g/mol. The highest BCUT2D eigenvalue weighted by Crippen LogP contribution is 2.32. The van der Waals surface area contributed by atoms with Crippen LogP contribution in [-0.4, -0.2) is 9.78 Å². The summed E-state index contributed by atoms with van der Waals surface area (Å²) in [6, 6.07) is 0. The van der Waals surface area contributed by atoms with Gasteiger partial charge in [-0.05, 0) is 20.3 Å². The fourth-order valence-electron chi connectivity index (χ4n) is 1.54. The third-order valence-electron chi connectivity index (χ3n) is 2.25. The van der Waals surface area contributed by atoms with Crippen molar-refractivity contribution in [2.24, 2.45) is 0 Å². The van der Waals surface area contributed by atoms with Crippen molar-refractivity contribution in [2.75, 3.05) is 0 Å². The summed E-state index contributed by atoms with van der Waals surface area (Å²) < 4.78 is 38.9. The summed E-state index contributed by atoms with van der Waals surface area (Å²) in [5.41, 5.74) is 0.182. The number of alkyl halides is 3. The topological polar surface area (TPSA) is 17.8 Å². The van der Waals surface area contributed by atoms with Gasteiger partial charge in [0.1, 0.15) is 0 Å². The van der Waals surface area contributed by atoms with Crippen LogP contribution in [-0.2, 0) is 19.1 Å². The zero-order chi connectivity index (χ0) is 10.9. The second-order valence-corrected chi connectivity index (χ2v) is 3.08. The first-order valence-corrected chi connectivity index (χ1v) is 4.55. The van der Waals surface area contributed by atoms with Crippen LogP contribution in [0.15, 0.2) is 0 Å². The van der Waals surface area contributed by atoms with Gasteiger partial charge in [0.05, 0.1) is 0 Å². The Morgan fingerprint density at radius 3 is 2.14 bits per heavy atom. The van der Waals surface area contributed by atoms with Crippen LogP contribution in [0.2, 0.25) is 0 Å². The van der Waals surface area contributed by atoms with Gasteiger partial charge in [-0.3, -0.25) is 4.68 Å². The molecule has 5 heteroatoms. The molecule has 0 N–H and O–H groups in total. The number of hydrogen-bond acceptors (Lipinski definition) is 1. The number of halogens is 3. The summed E-state index contributed by atoms with van der Waals surface area (Å²) in [4.78, 5) is 0. The summed E-state index contributed by atoms with van der Waals surface area (Å²) in [5, 5.41) is 3.56. The lowest BCUT2D eigenvalue weighted by atomic mass is 10.1. The molecular formula is C9H13F3N2. The van der Waals surface area contributed by atoms with Gasteiger partial charge in [0.25, 0.3) is 0 Å². The maximum Gasteiger partial charge on any atom is 0.435 e. The highest BCUT2D eigenvalue weighted by Gasteiger charge is 2.37. The minimum atomic E-state index is -4.34. The van der Waals surface area contributed by atoms with Gasteiger partial charge in [0.2, 0.25) is 0 Å². The van der Waals surface area contributed by atoms with E-state index >= 15 is 0 Å². The molecule has 0 saturated carbocycles. The van der Waals surface area contributed by atoms with Crippen LogP contribution in [0.3, 0.4) is 0 Å². The van der Waals surface area contributed by atoms with E-state index in [0.717, 1.165) is 0 Å². The molecule has 14 heavy (non-hydrogen) atoms. The number of aryl methyl sites for hydroxylation is 1. The second-order valence-electron chi connectivity index (χ2n) is 3.08. The van der Waals surface area contributed by atoms with Crippen LogP contribution >= 0.6 is 0 Å². The molecule has 0 unspecified atom stereocenters. The summed E-state index contributed by atoms with van der Waals surface area (Å²) >= 11 is 0. The van der Waals surface area contributed by atoms with Crippen molar-refractivity contribution in [2.45, 2.75) is 39.9 Å². The predicted octanol–water partition coefficient (Wildman–Crippen LogP) is 2.79. The number of nitrogens with zero attached hydrogens (tertiary/aromatic N) is 2. The normalized spacial score (nSPS) is 12.1. The van der Waals surface area contributed by atoms with Crippen molar-refractivity contribution in [1.82, 2.24) is 9.78 Å². The summed E-state index contributed by atoms with van der Waals surface area (Å²) in [6.45, 7) is 5.62. The Hall–Kier alpha value is -1.00. The first-order valence-electron chi connectivity index (χ1n) is 4.55. The van der Waals surface area contributed by atoms with Crippen LogP contribution in [0, 0.1) is 6.92 Å². The molecule has 0 spiro atoms. The zero-order valence-corrected chi connectivity index (χ0v) is 8.44. The van der Waals surface area contributed by atoms with Crippen LogP contribution < -0.4 is 0 Å². The first kappa shape index (κ1) is 11.1. The molecule has 0 aliphatic carbocycles. The van der Waals surface area contributed by atoms with Gasteiger partial charge in [-0.15, -0.1) is 0 Å². The standard InChI is InChI=1S/C9H13F3N2/c1-4-7-6(3)14(5-2)13-8(7)9(10,11)12/h4-5H2,1-3H3. The summed E-state index contributed by atoms with van der Waals surface area (Å²) in [7, 11) is 0. The fraction of sp³-hybridized carbons (Fsp3) is 0.667. The molecule has 2 nitrogen and oxygen atoms in total. The van der Waals surface area contributed by atoms with Gasteiger partial charge in [0, 0.05) is 17.8 Å². The molecule has 0 radical (unpaired) electrons. The van der Waals surface area contributed by atoms with E-state index in [1.54, 1.807) is 20.8 Å². The minimum absolute atomic E-state index is 0.305. The molecular weight excluding hydrogens is 193 g/mol. The van der Waals surface area contributed by atoms with Crippen molar-refractivity contribution in [3.8, 4) is 0 Å². The van der Waals surface area contributed by atoms with E-state index < -0.39 is 11.9 Å². The van der Waals surface area contributed by atoms with E-state index in [1.807, 2.05) is 0 Å². The van der Waals surface area contributed by atoms with Gasteiger partial charge in [-0.2, -0.15) is 18.3 Å². The molecule has 1 aromatic rings. The lowest BCUT2D eigenvalue weighted by molar-refractivity contribution is -0.142. The Labute approximate surface area is 80.7 Å². The quantitative estimate of drug-likeness (QED) is 0.727. The molecule has 0 saturated heterocycles. The molecule has 0 bridgehead atoms. The van der Waals surface area contributed by atoms with Crippen LogP contribution in [0.4, 0.5) is 13.2 Å². The predicted molar refractivity (Wildman–Crippen MR) is 47.0 cm³/mol. The van der Waals surface area contributed by atoms with Crippen LogP contribution in [0.5, 0.6) is 0 Å². The summed E-state index contributed by atoms with van der Waals surface area (Å²) in [6.07, 6.45) is -3.98. The van der Waals surface area contributed by atoms with Crippen molar-refractivity contribution in [1.29, 1.82) is 0 Å². The van der Waals surface area contributed by atoms with E-state index in [1.165, 1.54) is 4.68 Å². The van der Waals surface area contributed by atoms with Crippen molar-refractivity contribution in [3.63, 3.8) is 0 Å². The molecule has 1 heterocycles. The highest BCUT2D eigenvalue weighted by atomic mass is 19.4. The Kier molecular flexibility index (Phi) is 2.87. The SMILES string of the molecule is CCc1c(C(F)(F)F)nn(CC)c1C. The van der Waals surface area contributed by atoms with Gasteiger partial charge >= 0.3 is 6.18 Å². The summed E-state index contributed by atoms with van der Waals surface area (Å²) in [5.74, 6) is 0. The van der Waals surface area contributed by atoms with E-state index in [-0.39, 0.29) is 0 Å². The fourth-order valence-corrected chi connectivity index (χ4v) is 1.54. The zero-order valence-electron chi connectivity index (χ0n) is 8.44. The molecule has 1 rings (SSSR count). The molecule has 0 amide bonds. The Balaban J connectivity index is 3.30. The lowest BCUT2D eigenvalue weighted by Crippen LogP contribution is -2.09. The number of aromatic nitrogens is 2. The maximum atomic E-state index is 12.5. The number of rotatable bonds is 2. The van der Waals surface area contributed by atoms with Gasteiger partial charge in [-0.1, -0.05) is 6.92 Å². The Morgan fingerprint density at radius 1 is 1.29 bits per heavy atom. The van der Waals surface area contributed by atoms with Crippen LogP contribution in [0.25, 0.3) is 0 Å². The van der Waals surface area contributed by atoms with Crippen molar-refractivity contribution < 1.29 is 13.2 Å². The largest absolute Gasteiger partial charge is 0.435 e. The lowest BCUT2D eigenvalue weighted by Gasteiger charge is -2.04. The highest BCUT2D eigenvalue weighted by molar-refractivity contribution is 5.27. The molecule has 0 aliphatic heterocycles. The Bertz CT molecular complexity index is 326. The average Bonchev–Trinajstić information content (AvgIpc) is 2.41. The molecule has 0 aromatic carbocycles. The third kappa shape index (κ3) is 1.76. The molecule has 0 atom stereocenters. The maximum absolute atomic E-state index is 12.5. The smallest absolute Gasteiger partial charge is 0.269 e. The van der Waals surface area contributed by atoms with Gasteiger partial charge in [-0.25, -0.2) is 0 Å². The molecule has 1 aromatic heterocycles. The van der Waals surface area contributed by atoms with E-state index in [0.29, 0.717) is 24.2 Å².